The number of benzene rings is 1. The second kappa shape index (κ2) is 7.42. The zero-order chi connectivity index (χ0) is 16.0. The lowest BCUT2D eigenvalue weighted by molar-refractivity contribution is 0.111. The quantitative estimate of drug-likeness (QED) is 0.665. The highest BCUT2D eigenvalue weighted by atomic mass is 32.2. The van der Waals surface area contributed by atoms with E-state index in [9.17, 15) is 13.2 Å². The average molecular weight is 325 g/mol. The summed E-state index contributed by atoms with van der Waals surface area (Å²) in [5.41, 5.74) is 3.97. The molecule has 1 fully saturated rings. The Bertz CT molecular complexity index is 641. The number of hydrogen-bond acceptors (Lipinski definition) is 5. The van der Waals surface area contributed by atoms with Crippen LogP contribution in [0.1, 0.15) is 31.2 Å². The van der Waals surface area contributed by atoms with E-state index in [1.54, 1.807) is 17.6 Å². The Morgan fingerprint density at radius 2 is 1.86 bits per heavy atom. The molecule has 0 unspecified atom stereocenters. The number of allylic oxidation sites excluding steroid dienone is 1. The molecule has 1 aliphatic rings. The summed E-state index contributed by atoms with van der Waals surface area (Å²) in [6, 6.07) is 6.09. The first-order chi connectivity index (χ1) is 10.5. The van der Waals surface area contributed by atoms with Crippen molar-refractivity contribution < 1.29 is 22.2 Å². The third-order valence-electron chi connectivity index (χ3n) is 3.38. The number of hydrogen-bond donors (Lipinski definition) is 1. The lowest BCUT2D eigenvalue weighted by Crippen LogP contribution is -2.28. The maximum Gasteiger partial charge on any atom is 0.432 e. The van der Waals surface area contributed by atoms with Crippen LogP contribution < -0.4 is 5.48 Å². The smallest absolute Gasteiger partial charge is 0.432 e. The van der Waals surface area contributed by atoms with E-state index < -0.39 is 16.2 Å². The first-order valence-electron chi connectivity index (χ1n) is 7.08. The third-order valence-corrected chi connectivity index (χ3v) is 4.53. The predicted molar refractivity (Wildman–Crippen MR) is 80.5 cm³/mol. The fourth-order valence-corrected chi connectivity index (χ4v) is 2.88. The molecule has 22 heavy (non-hydrogen) atoms. The van der Waals surface area contributed by atoms with Crippen molar-refractivity contribution in [2.75, 3.05) is 6.61 Å². The second-order valence-electron chi connectivity index (χ2n) is 5.12. The molecule has 0 bridgehead atoms. The van der Waals surface area contributed by atoms with Crippen LogP contribution >= 0.6 is 0 Å². The lowest BCUT2D eigenvalue weighted by Gasteiger charge is -2.07. The SMILES string of the molecule is Cc1ccc(S(=O)(=O)ONC(=O)OCC=C2CCCC2)cc1. The molecular weight excluding hydrogens is 306 g/mol. The molecule has 0 spiro atoms. The summed E-state index contributed by atoms with van der Waals surface area (Å²) in [7, 11) is -4.04. The van der Waals surface area contributed by atoms with Crippen LogP contribution in [0.15, 0.2) is 40.8 Å². The van der Waals surface area contributed by atoms with Crippen LogP contribution in [0.4, 0.5) is 4.79 Å². The van der Waals surface area contributed by atoms with Crippen molar-refractivity contribution in [1.82, 2.24) is 5.48 Å². The number of ether oxygens (including phenoxy) is 1. The van der Waals surface area contributed by atoms with Gasteiger partial charge in [0.15, 0.2) is 0 Å². The molecule has 2 rings (SSSR count). The fourth-order valence-electron chi connectivity index (χ4n) is 2.14. The molecule has 1 N–H and O–H groups in total. The molecule has 0 radical (unpaired) electrons. The summed E-state index contributed by atoms with van der Waals surface area (Å²) in [5.74, 6) is 0. The minimum Gasteiger partial charge on any atom is -0.444 e. The molecule has 7 heteroatoms. The van der Waals surface area contributed by atoms with Crippen LogP contribution in [-0.2, 0) is 19.1 Å². The first kappa shape index (κ1) is 16.5. The van der Waals surface area contributed by atoms with Crippen LogP contribution in [0.2, 0.25) is 0 Å². The molecule has 0 aromatic heterocycles. The van der Waals surface area contributed by atoms with Gasteiger partial charge in [-0.3, -0.25) is 0 Å². The van der Waals surface area contributed by atoms with E-state index in [0.29, 0.717) is 0 Å². The lowest BCUT2D eigenvalue weighted by atomic mass is 10.2. The van der Waals surface area contributed by atoms with E-state index in [1.807, 2.05) is 13.0 Å². The highest BCUT2D eigenvalue weighted by Crippen LogP contribution is 2.23. The molecule has 1 aromatic rings. The number of rotatable bonds is 5. The Hall–Kier alpha value is -1.86. The van der Waals surface area contributed by atoms with Crippen molar-refractivity contribution in [3.63, 3.8) is 0 Å². The van der Waals surface area contributed by atoms with E-state index in [-0.39, 0.29) is 11.5 Å². The topological polar surface area (TPSA) is 81.7 Å². The number of amides is 1. The van der Waals surface area contributed by atoms with Crippen LogP contribution in [0.25, 0.3) is 0 Å². The molecule has 0 saturated heterocycles. The Morgan fingerprint density at radius 3 is 2.50 bits per heavy atom. The summed E-state index contributed by atoms with van der Waals surface area (Å²) in [6.07, 6.45) is 5.30. The molecule has 120 valence electrons. The maximum atomic E-state index is 11.8. The standard InChI is InChI=1S/C15H19NO5S/c1-12-6-8-14(9-7-12)22(18,19)21-16-15(17)20-11-10-13-4-2-3-5-13/h6-10H,2-5,11H2,1H3,(H,16,17). The van der Waals surface area contributed by atoms with Crippen molar-refractivity contribution in [1.29, 1.82) is 0 Å². The zero-order valence-corrected chi connectivity index (χ0v) is 13.2. The second-order valence-corrected chi connectivity index (χ2v) is 6.67. The van der Waals surface area contributed by atoms with Crippen molar-refractivity contribution in [2.24, 2.45) is 0 Å². The summed E-state index contributed by atoms with van der Waals surface area (Å²) >= 11 is 0. The van der Waals surface area contributed by atoms with Crippen LogP contribution in [0.5, 0.6) is 0 Å². The summed E-state index contributed by atoms with van der Waals surface area (Å²) in [4.78, 5) is 11.4. The molecule has 0 aliphatic heterocycles. The fraction of sp³-hybridized carbons (Fsp3) is 0.400. The molecule has 1 aromatic carbocycles. The van der Waals surface area contributed by atoms with E-state index in [4.69, 9.17) is 4.74 Å². The van der Waals surface area contributed by atoms with Gasteiger partial charge in [0, 0.05) is 0 Å². The molecule has 1 saturated carbocycles. The highest BCUT2D eigenvalue weighted by molar-refractivity contribution is 7.86. The van der Waals surface area contributed by atoms with Crippen molar-refractivity contribution >= 4 is 16.2 Å². The monoisotopic (exact) mass is 325 g/mol. The Balaban J connectivity index is 1.79. The van der Waals surface area contributed by atoms with Crippen LogP contribution in [0.3, 0.4) is 0 Å². The van der Waals surface area contributed by atoms with Gasteiger partial charge in [-0.05, 0) is 50.8 Å². The zero-order valence-electron chi connectivity index (χ0n) is 12.4. The van der Waals surface area contributed by atoms with E-state index in [1.165, 1.54) is 17.7 Å². The predicted octanol–water partition coefficient (Wildman–Crippen LogP) is 2.84. The molecular formula is C15H19NO5S. The molecule has 1 amide bonds. The maximum absolute atomic E-state index is 11.8. The minimum atomic E-state index is -4.04. The summed E-state index contributed by atoms with van der Waals surface area (Å²) < 4.78 is 33.0. The molecule has 1 aliphatic carbocycles. The van der Waals surface area contributed by atoms with Crippen LogP contribution in [0, 0.1) is 6.92 Å². The van der Waals surface area contributed by atoms with Gasteiger partial charge in [-0.25, -0.2) is 4.79 Å². The van der Waals surface area contributed by atoms with Gasteiger partial charge in [-0.1, -0.05) is 23.3 Å². The largest absolute Gasteiger partial charge is 0.444 e. The van der Waals surface area contributed by atoms with Crippen molar-refractivity contribution in [2.45, 2.75) is 37.5 Å². The van der Waals surface area contributed by atoms with E-state index >= 15 is 0 Å². The average Bonchev–Trinajstić information content (AvgIpc) is 2.99. The Labute approximate surface area is 130 Å². The number of carbonyl (C=O) groups is 1. The van der Waals surface area contributed by atoms with Gasteiger partial charge in [0.1, 0.15) is 6.61 Å². The van der Waals surface area contributed by atoms with Gasteiger partial charge in [0.2, 0.25) is 0 Å². The summed E-state index contributed by atoms with van der Waals surface area (Å²) in [6.45, 7) is 1.95. The van der Waals surface area contributed by atoms with Crippen LogP contribution in [-0.4, -0.2) is 21.1 Å². The highest BCUT2D eigenvalue weighted by Gasteiger charge is 2.17. The number of carbonyl (C=O) groups excluding carboxylic acids is 1. The van der Waals surface area contributed by atoms with Gasteiger partial charge in [-0.2, -0.15) is 13.9 Å². The van der Waals surface area contributed by atoms with Crippen molar-refractivity contribution in [3.05, 3.63) is 41.5 Å². The molecule has 0 atom stereocenters. The van der Waals surface area contributed by atoms with Gasteiger partial charge < -0.3 is 4.74 Å². The molecule has 6 nitrogen and oxygen atoms in total. The minimum absolute atomic E-state index is 0.0357. The Kier molecular flexibility index (Phi) is 5.57. The van der Waals surface area contributed by atoms with Gasteiger partial charge >= 0.3 is 16.2 Å². The number of nitrogens with one attached hydrogen (secondary N) is 1. The summed E-state index contributed by atoms with van der Waals surface area (Å²) in [5, 5.41) is 0. The first-order valence-corrected chi connectivity index (χ1v) is 8.49. The van der Waals surface area contributed by atoms with Gasteiger partial charge in [-0.15, -0.1) is 4.28 Å². The van der Waals surface area contributed by atoms with Gasteiger partial charge in [0.25, 0.3) is 0 Å². The number of aryl methyl sites for hydroxylation is 1. The normalized spacial score (nSPS) is 14.7. The van der Waals surface area contributed by atoms with Gasteiger partial charge in [0.05, 0.1) is 4.90 Å². The van der Waals surface area contributed by atoms with Crippen molar-refractivity contribution in [3.8, 4) is 0 Å². The number of hydroxylamine groups is 1. The van der Waals surface area contributed by atoms with E-state index in [2.05, 4.69) is 4.28 Å². The Morgan fingerprint density at radius 1 is 1.23 bits per heavy atom. The third kappa shape index (κ3) is 4.85. The molecule has 0 heterocycles. The van der Waals surface area contributed by atoms with E-state index in [0.717, 1.165) is 31.2 Å².